The molecule has 3 aromatic rings. The molecule has 4 nitrogen and oxygen atoms in total. The first-order valence-corrected chi connectivity index (χ1v) is 9.40. The first kappa shape index (κ1) is 20.6. The van der Waals surface area contributed by atoms with Gasteiger partial charge in [-0.15, -0.1) is 0 Å². The molecule has 0 aliphatic rings. The number of hydrogen-bond acceptors (Lipinski definition) is 4. The Kier molecular flexibility index (Phi) is 6.32. The molecule has 0 saturated carbocycles. The Morgan fingerprint density at radius 1 is 1.03 bits per heavy atom. The van der Waals surface area contributed by atoms with Crippen LogP contribution < -0.4 is 9.64 Å². The first-order valence-electron chi connectivity index (χ1n) is 9.40. The van der Waals surface area contributed by atoms with Crippen LogP contribution in [0, 0.1) is 6.92 Å². The van der Waals surface area contributed by atoms with E-state index >= 15 is 0 Å². The van der Waals surface area contributed by atoms with Gasteiger partial charge in [0.1, 0.15) is 17.3 Å². The summed E-state index contributed by atoms with van der Waals surface area (Å²) < 4.78 is 31.1. The molecular weight excluding hydrogens is 374 g/mol. The van der Waals surface area contributed by atoms with Crippen LogP contribution in [0.5, 0.6) is 11.5 Å². The number of pyridine rings is 1. The smallest absolute Gasteiger partial charge is 0.394 e. The Labute approximate surface area is 169 Å². The monoisotopic (exact) mass is 398 g/mol. The Bertz CT molecular complexity index is 923. The summed E-state index contributed by atoms with van der Waals surface area (Å²) in [6.45, 7) is 3.87. The van der Waals surface area contributed by atoms with Crippen LogP contribution in [0.1, 0.15) is 23.6 Å². The van der Waals surface area contributed by atoms with Crippen molar-refractivity contribution in [1.29, 1.82) is 0 Å². The predicted molar refractivity (Wildman–Crippen MR) is 110 cm³/mol. The van der Waals surface area contributed by atoms with E-state index in [4.69, 9.17) is 4.74 Å². The molecule has 3 rings (SSSR count). The summed E-state index contributed by atoms with van der Waals surface area (Å²) >= 11 is 0. The van der Waals surface area contributed by atoms with Crippen molar-refractivity contribution in [2.45, 2.75) is 32.9 Å². The summed E-state index contributed by atoms with van der Waals surface area (Å²) in [5, 5.41) is 9.45. The molecule has 0 unspecified atom stereocenters. The van der Waals surface area contributed by atoms with E-state index in [-0.39, 0.29) is 11.5 Å². The van der Waals surface area contributed by atoms with Gasteiger partial charge < -0.3 is 14.7 Å². The van der Waals surface area contributed by atoms with E-state index in [1.807, 2.05) is 37.3 Å². The number of hydrogen-bond donors (Lipinski definition) is 1. The van der Waals surface area contributed by atoms with E-state index in [2.05, 4.69) is 9.88 Å². The van der Waals surface area contributed by atoms with Gasteiger partial charge in [-0.2, -0.15) is 8.78 Å². The fraction of sp³-hybridized carbons (Fsp3) is 0.261. The number of alkyl halides is 2. The average molecular weight is 398 g/mol. The van der Waals surface area contributed by atoms with Gasteiger partial charge in [-0.25, -0.2) is 4.98 Å². The zero-order chi connectivity index (χ0) is 20.9. The van der Waals surface area contributed by atoms with Crippen molar-refractivity contribution in [3.63, 3.8) is 0 Å². The average Bonchev–Trinajstić information content (AvgIpc) is 2.66. The van der Waals surface area contributed by atoms with Gasteiger partial charge >= 0.3 is 6.11 Å². The minimum atomic E-state index is -3.23. The van der Waals surface area contributed by atoms with Crippen molar-refractivity contribution in [2.75, 3.05) is 11.4 Å². The number of benzene rings is 2. The summed E-state index contributed by atoms with van der Waals surface area (Å²) in [7, 11) is 0. The molecule has 29 heavy (non-hydrogen) atoms. The summed E-state index contributed by atoms with van der Waals surface area (Å²) in [5.74, 6) is 1.17. The second kappa shape index (κ2) is 8.90. The van der Waals surface area contributed by atoms with Crippen molar-refractivity contribution in [3.8, 4) is 11.5 Å². The minimum absolute atomic E-state index is 0.130. The Hall–Kier alpha value is -3.15. The number of rotatable bonds is 8. The highest BCUT2D eigenvalue weighted by atomic mass is 19.3. The van der Waals surface area contributed by atoms with Crippen LogP contribution in [-0.2, 0) is 13.0 Å². The van der Waals surface area contributed by atoms with Gasteiger partial charge in [0.2, 0.25) is 0 Å². The minimum Gasteiger partial charge on any atom is -0.508 e. The maximum atomic E-state index is 13.2. The zero-order valence-electron chi connectivity index (χ0n) is 16.5. The molecule has 152 valence electrons. The normalized spacial score (nSPS) is 11.3. The highest BCUT2D eigenvalue weighted by molar-refractivity contribution is 5.42. The van der Waals surface area contributed by atoms with Crippen molar-refractivity contribution < 1.29 is 18.6 Å². The quantitative estimate of drug-likeness (QED) is 0.557. The fourth-order valence-electron chi connectivity index (χ4n) is 2.98. The fourth-order valence-corrected chi connectivity index (χ4v) is 2.98. The highest BCUT2D eigenvalue weighted by Gasteiger charge is 2.23. The van der Waals surface area contributed by atoms with Gasteiger partial charge in [0.25, 0.3) is 0 Å². The highest BCUT2D eigenvalue weighted by Crippen LogP contribution is 2.24. The molecule has 0 spiro atoms. The Morgan fingerprint density at radius 2 is 1.79 bits per heavy atom. The zero-order valence-corrected chi connectivity index (χ0v) is 16.5. The van der Waals surface area contributed by atoms with Gasteiger partial charge in [-0.3, -0.25) is 0 Å². The number of anilines is 1. The number of phenolic OH excluding ortho intramolecular Hbond substituents is 1. The standard InChI is InChI=1S/C23H24F2N2O2/c1-17-6-11-22(26-15-17)27(13-12-18-7-9-20(28)10-8-18)16-19-4-3-5-21(14-19)29-23(2,24)25/h3-11,14-15,28H,12-13,16H2,1-2H3. The molecular formula is C23H24F2N2O2. The largest absolute Gasteiger partial charge is 0.508 e. The maximum Gasteiger partial charge on any atom is 0.394 e. The maximum absolute atomic E-state index is 13.2. The summed E-state index contributed by atoms with van der Waals surface area (Å²) in [4.78, 5) is 6.61. The number of aromatic hydroxyl groups is 1. The number of aryl methyl sites for hydroxylation is 1. The summed E-state index contributed by atoms with van der Waals surface area (Å²) in [5.41, 5.74) is 3.00. The molecule has 1 N–H and O–H groups in total. The number of nitrogens with zero attached hydrogens (tertiary/aromatic N) is 2. The van der Waals surface area contributed by atoms with E-state index in [0.29, 0.717) is 13.1 Å². The lowest BCUT2D eigenvalue weighted by Crippen LogP contribution is -2.26. The molecule has 0 atom stereocenters. The van der Waals surface area contributed by atoms with Gasteiger partial charge in [0.15, 0.2) is 0 Å². The molecule has 0 bridgehead atoms. The number of halogens is 2. The lowest BCUT2D eigenvalue weighted by atomic mass is 10.1. The number of aromatic nitrogens is 1. The third-order valence-corrected chi connectivity index (χ3v) is 4.40. The molecule has 0 aliphatic heterocycles. The van der Waals surface area contributed by atoms with Crippen LogP contribution >= 0.6 is 0 Å². The van der Waals surface area contributed by atoms with Gasteiger partial charge in [-0.05, 0) is 60.4 Å². The predicted octanol–water partition coefficient (Wildman–Crippen LogP) is 5.34. The van der Waals surface area contributed by atoms with Gasteiger partial charge in [-0.1, -0.05) is 30.3 Å². The van der Waals surface area contributed by atoms with Crippen molar-refractivity contribution >= 4 is 5.82 Å². The summed E-state index contributed by atoms with van der Waals surface area (Å²) in [6, 6.07) is 17.8. The van der Waals surface area contributed by atoms with E-state index < -0.39 is 6.11 Å². The lowest BCUT2D eigenvalue weighted by molar-refractivity contribution is -0.158. The SMILES string of the molecule is Cc1ccc(N(CCc2ccc(O)cc2)Cc2cccc(OC(C)(F)F)c2)nc1. The molecule has 0 radical (unpaired) electrons. The van der Waals surface area contributed by atoms with Crippen molar-refractivity contribution in [3.05, 3.63) is 83.6 Å². The van der Waals surface area contributed by atoms with Gasteiger partial charge in [0.05, 0.1) is 0 Å². The molecule has 6 heteroatoms. The molecule has 2 aromatic carbocycles. The topological polar surface area (TPSA) is 45.6 Å². The van der Waals surface area contributed by atoms with Gasteiger partial charge in [0, 0.05) is 26.2 Å². The third kappa shape index (κ3) is 6.45. The Morgan fingerprint density at radius 3 is 2.45 bits per heavy atom. The van der Waals surface area contributed by atoms with Crippen LogP contribution in [0.3, 0.4) is 0 Å². The lowest BCUT2D eigenvalue weighted by Gasteiger charge is -2.24. The third-order valence-electron chi connectivity index (χ3n) is 4.40. The van der Waals surface area contributed by atoms with Crippen LogP contribution in [-0.4, -0.2) is 22.7 Å². The summed E-state index contributed by atoms with van der Waals surface area (Å²) in [6.07, 6.45) is -0.672. The number of phenols is 1. The van der Waals surface area contributed by atoms with E-state index in [9.17, 15) is 13.9 Å². The van der Waals surface area contributed by atoms with Crippen LogP contribution in [0.25, 0.3) is 0 Å². The van der Waals surface area contributed by atoms with E-state index in [1.54, 1.807) is 30.5 Å². The molecule has 0 aliphatic carbocycles. The van der Waals surface area contributed by atoms with E-state index in [1.165, 1.54) is 6.07 Å². The van der Waals surface area contributed by atoms with Crippen LogP contribution in [0.4, 0.5) is 14.6 Å². The molecule has 0 saturated heterocycles. The molecule has 1 aromatic heterocycles. The van der Waals surface area contributed by atoms with Crippen LogP contribution in [0.15, 0.2) is 66.9 Å². The Balaban J connectivity index is 1.78. The molecule has 1 heterocycles. The second-order valence-corrected chi connectivity index (χ2v) is 7.09. The molecule has 0 fully saturated rings. The molecule has 0 amide bonds. The van der Waals surface area contributed by atoms with E-state index in [0.717, 1.165) is 35.9 Å². The van der Waals surface area contributed by atoms with Crippen molar-refractivity contribution in [1.82, 2.24) is 4.98 Å². The first-order chi connectivity index (χ1) is 13.8. The van der Waals surface area contributed by atoms with Crippen LogP contribution in [0.2, 0.25) is 0 Å². The van der Waals surface area contributed by atoms with Crippen molar-refractivity contribution in [2.24, 2.45) is 0 Å². The second-order valence-electron chi connectivity index (χ2n) is 7.09. The number of ether oxygens (including phenoxy) is 1.